The molecule has 0 spiro atoms. The van der Waals surface area contributed by atoms with Crippen LogP contribution in [-0.4, -0.2) is 31.0 Å². The van der Waals surface area contributed by atoms with Crippen molar-refractivity contribution in [1.29, 1.82) is 0 Å². The molecule has 1 aromatic rings. The number of carbonyl (C=O) groups excluding carboxylic acids is 1. The monoisotopic (exact) mass is 250 g/mol. The Bertz CT molecular complexity index is 387. The fourth-order valence-electron chi connectivity index (χ4n) is 1.66. The molecule has 0 aromatic heterocycles. The lowest BCUT2D eigenvalue weighted by Gasteiger charge is -2.23. The number of ether oxygens (including phenoxy) is 1. The maximum atomic E-state index is 12.0. The highest BCUT2D eigenvalue weighted by atomic mass is 16.5. The van der Waals surface area contributed by atoms with Gasteiger partial charge in [0.2, 0.25) is 5.91 Å². The predicted octanol–water partition coefficient (Wildman–Crippen LogP) is 1.64. The Kier molecular flexibility index (Phi) is 5.16. The summed E-state index contributed by atoms with van der Waals surface area (Å²) in [5.74, 6) is 0.728. The second-order valence-corrected chi connectivity index (χ2v) is 4.69. The lowest BCUT2D eigenvalue weighted by Crippen LogP contribution is -2.39. The van der Waals surface area contributed by atoms with Crippen molar-refractivity contribution in [2.45, 2.75) is 26.4 Å². The largest absolute Gasteiger partial charge is 0.497 e. The molecule has 0 fully saturated rings. The van der Waals surface area contributed by atoms with E-state index < -0.39 is 0 Å². The summed E-state index contributed by atoms with van der Waals surface area (Å²) in [5, 5.41) is 0. The number of hydrogen-bond acceptors (Lipinski definition) is 3. The van der Waals surface area contributed by atoms with E-state index in [4.69, 9.17) is 10.5 Å². The van der Waals surface area contributed by atoms with Gasteiger partial charge < -0.3 is 15.4 Å². The molecule has 0 heterocycles. The Morgan fingerprint density at radius 2 is 1.89 bits per heavy atom. The summed E-state index contributed by atoms with van der Waals surface area (Å²) >= 11 is 0. The zero-order chi connectivity index (χ0) is 13.7. The van der Waals surface area contributed by atoms with Gasteiger partial charge in [0.1, 0.15) is 5.75 Å². The van der Waals surface area contributed by atoms with Gasteiger partial charge in [0, 0.05) is 19.6 Å². The van der Waals surface area contributed by atoms with E-state index in [0.29, 0.717) is 6.54 Å². The minimum atomic E-state index is -0.159. The van der Waals surface area contributed by atoms with E-state index in [9.17, 15) is 4.79 Å². The van der Waals surface area contributed by atoms with Crippen LogP contribution in [0.2, 0.25) is 0 Å². The minimum absolute atomic E-state index is 0.0702. The van der Waals surface area contributed by atoms with E-state index in [1.54, 1.807) is 19.1 Å². The summed E-state index contributed by atoms with van der Waals surface area (Å²) in [6.45, 7) is 4.29. The Morgan fingerprint density at radius 3 is 2.33 bits per heavy atom. The molecule has 2 atom stereocenters. The van der Waals surface area contributed by atoms with Gasteiger partial charge in [0.25, 0.3) is 0 Å². The molecule has 4 heteroatoms. The van der Waals surface area contributed by atoms with Crippen molar-refractivity contribution in [3.8, 4) is 5.75 Å². The van der Waals surface area contributed by atoms with E-state index in [-0.39, 0.29) is 17.9 Å². The number of hydrogen-bond donors (Lipinski definition) is 1. The predicted molar refractivity (Wildman–Crippen MR) is 72.3 cm³/mol. The molecule has 0 radical (unpaired) electrons. The summed E-state index contributed by atoms with van der Waals surface area (Å²) in [6.07, 6.45) is 0. The van der Waals surface area contributed by atoms with Crippen molar-refractivity contribution in [3.63, 3.8) is 0 Å². The topological polar surface area (TPSA) is 55.6 Å². The van der Waals surface area contributed by atoms with E-state index in [1.807, 2.05) is 38.1 Å². The first-order valence-corrected chi connectivity index (χ1v) is 6.09. The van der Waals surface area contributed by atoms with Gasteiger partial charge in [-0.3, -0.25) is 4.79 Å². The Morgan fingerprint density at radius 1 is 1.33 bits per heavy atom. The van der Waals surface area contributed by atoms with E-state index >= 15 is 0 Å². The van der Waals surface area contributed by atoms with Gasteiger partial charge in [-0.05, 0) is 24.6 Å². The highest BCUT2D eigenvalue weighted by molar-refractivity contribution is 5.78. The summed E-state index contributed by atoms with van der Waals surface area (Å²) in [7, 11) is 3.43. The van der Waals surface area contributed by atoms with Crippen LogP contribution in [0.15, 0.2) is 24.3 Å². The number of nitrogens with zero attached hydrogens (tertiary/aromatic N) is 1. The molecule has 18 heavy (non-hydrogen) atoms. The van der Waals surface area contributed by atoms with Crippen LogP contribution in [0, 0.1) is 5.92 Å². The third kappa shape index (κ3) is 3.74. The van der Waals surface area contributed by atoms with Crippen molar-refractivity contribution < 1.29 is 9.53 Å². The molecule has 0 aliphatic heterocycles. The first kappa shape index (κ1) is 14.5. The number of methoxy groups -OCH3 is 1. The molecule has 1 rings (SSSR count). The zero-order valence-electron chi connectivity index (χ0n) is 11.5. The molecular formula is C14H22N2O2. The standard InChI is InChI=1S/C14H22N2O2/c1-10(11(2)15)14(17)16(3)9-12-5-7-13(18-4)8-6-12/h5-8,10-11H,9,15H2,1-4H3. The Balaban J connectivity index is 2.63. The smallest absolute Gasteiger partial charge is 0.226 e. The fourth-order valence-corrected chi connectivity index (χ4v) is 1.66. The zero-order valence-corrected chi connectivity index (χ0v) is 11.5. The molecule has 0 aliphatic carbocycles. The second kappa shape index (κ2) is 6.40. The van der Waals surface area contributed by atoms with Gasteiger partial charge in [0.05, 0.1) is 13.0 Å². The average Bonchev–Trinajstić information content (AvgIpc) is 2.37. The van der Waals surface area contributed by atoms with Crippen molar-refractivity contribution in [2.75, 3.05) is 14.2 Å². The Hall–Kier alpha value is -1.55. The van der Waals surface area contributed by atoms with Crippen molar-refractivity contribution >= 4 is 5.91 Å². The second-order valence-electron chi connectivity index (χ2n) is 4.69. The van der Waals surface area contributed by atoms with Crippen molar-refractivity contribution in [3.05, 3.63) is 29.8 Å². The van der Waals surface area contributed by atoms with Crippen LogP contribution in [0.1, 0.15) is 19.4 Å². The maximum Gasteiger partial charge on any atom is 0.226 e. The normalized spacial score (nSPS) is 13.8. The van der Waals surface area contributed by atoms with E-state index in [0.717, 1.165) is 11.3 Å². The maximum absolute atomic E-state index is 12.0. The van der Waals surface area contributed by atoms with Gasteiger partial charge in [0.15, 0.2) is 0 Å². The van der Waals surface area contributed by atoms with E-state index in [1.165, 1.54) is 0 Å². The molecule has 4 nitrogen and oxygen atoms in total. The molecule has 0 saturated carbocycles. The highest BCUT2D eigenvalue weighted by Gasteiger charge is 2.20. The third-order valence-corrected chi connectivity index (χ3v) is 3.13. The van der Waals surface area contributed by atoms with Crippen LogP contribution in [0.3, 0.4) is 0 Å². The molecule has 2 N–H and O–H groups in total. The first-order valence-electron chi connectivity index (χ1n) is 6.09. The first-order chi connectivity index (χ1) is 8.45. The average molecular weight is 250 g/mol. The van der Waals surface area contributed by atoms with Crippen LogP contribution >= 0.6 is 0 Å². The number of rotatable bonds is 5. The summed E-state index contributed by atoms with van der Waals surface area (Å²) in [4.78, 5) is 13.7. The SMILES string of the molecule is COc1ccc(CN(C)C(=O)C(C)C(C)N)cc1. The molecule has 0 bridgehead atoms. The van der Waals surface area contributed by atoms with E-state index in [2.05, 4.69) is 0 Å². The summed E-state index contributed by atoms with van der Waals surface area (Å²) in [5.41, 5.74) is 6.81. The van der Waals surface area contributed by atoms with Crippen LogP contribution in [0.4, 0.5) is 0 Å². The molecular weight excluding hydrogens is 228 g/mol. The summed E-state index contributed by atoms with van der Waals surface area (Å²) < 4.78 is 5.09. The third-order valence-electron chi connectivity index (χ3n) is 3.13. The Labute approximate surface area is 109 Å². The van der Waals surface area contributed by atoms with Gasteiger partial charge in [-0.2, -0.15) is 0 Å². The van der Waals surface area contributed by atoms with Crippen molar-refractivity contribution in [2.24, 2.45) is 11.7 Å². The number of amides is 1. The van der Waals surface area contributed by atoms with Crippen LogP contribution in [-0.2, 0) is 11.3 Å². The van der Waals surface area contributed by atoms with Crippen molar-refractivity contribution in [1.82, 2.24) is 4.90 Å². The van der Waals surface area contributed by atoms with Crippen LogP contribution < -0.4 is 10.5 Å². The fraction of sp³-hybridized carbons (Fsp3) is 0.500. The van der Waals surface area contributed by atoms with Gasteiger partial charge in [-0.15, -0.1) is 0 Å². The number of carbonyl (C=O) groups is 1. The van der Waals surface area contributed by atoms with Gasteiger partial charge in [-0.25, -0.2) is 0 Å². The molecule has 0 saturated heterocycles. The lowest BCUT2D eigenvalue weighted by molar-refractivity contribution is -0.134. The highest BCUT2D eigenvalue weighted by Crippen LogP contribution is 2.14. The van der Waals surface area contributed by atoms with Crippen LogP contribution in [0.25, 0.3) is 0 Å². The van der Waals surface area contributed by atoms with Gasteiger partial charge in [-0.1, -0.05) is 19.1 Å². The van der Waals surface area contributed by atoms with Gasteiger partial charge >= 0.3 is 0 Å². The number of nitrogens with two attached hydrogens (primary N) is 1. The lowest BCUT2D eigenvalue weighted by atomic mass is 10.0. The molecule has 1 amide bonds. The minimum Gasteiger partial charge on any atom is -0.497 e. The molecule has 2 unspecified atom stereocenters. The molecule has 1 aromatic carbocycles. The summed E-state index contributed by atoms with van der Waals surface area (Å²) in [6, 6.07) is 7.57. The quantitative estimate of drug-likeness (QED) is 0.864. The van der Waals surface area contributed by atoms with Crippen LogP contribution in [0.5, 0.6) is 5.75 Å². The molecule has 100 valence electrons. The molecule has 0 aliphatic rings. The number of benzene rings is 1.